The molecule has 1 amide bonds. The Bertz CT molecular complexity index is 614. The average Bonchev–Trinajstić information content (AvgIpc) is 2.39. The summed E-state index contributed by atoms with van der Waals surface area (Å²) in [6, 6.07) is 10.4. The normalized spacial score (nSPS) is 10.3. The van der Waals surface area contributed by atoms with Crippen LogP contribution in [-0.2, 0) is 0 Å². The van der Waals surface area contributed by atoms with Crippen molar-refractivity contribution in [3.05, 3.63) is 53.8 Å². The largest absolute Gasteiger partial charge is 0.491 e. The number of nitrogens with two attached hydrogens (primary N) is 1. The Labute approximate surface area is 109 Å². The monoisotopic (exact) mass is 259 g/mol. The van der Waals surface area contributed by atoms with Gasteiger partial charge in [0.2, 0.25) is 5.91 Å². The summed E-state index contributed by atoms with van der Waals surface area (Å²) in [5, 5.41) is 18.1. The van der Waals surface area contributed by atoms with Gasteiger partial charge in [0, 0.05) is 11.0 Å². The van der Waals surface area contributed by atoms with E-state index in [0.29, 0.717) is 16.7 Å². The van der Waals surface area contributed by atoms with Crippen LogP contribution in [0.4, 0.5) is 4.39 Å². The molecule has 2 aromatic carbocycles. The number of primary amides is 1. The van der Waals surface area contributed by atoms with Crippen LogP contribution in [0, 0.1) is 5.82 Å². The van der Waals surface area contributed by atoms with Crippen molar-refractivity contribution in [2.24, 2.45) is 5.73 Å². The molecule has 2 aromatic rings. The maximum atomic E-state index is 13.3. The van der Waals surface area contributed by atoms with Crippen molar-refractivity contribution in [1.29, 1.82) is 0 Å². The molecule has 0 aromatic heterocycles. The third-order valence-corrected chi connectivity index (χ3v) is 2.78. The van der Waals surface area contributed by atoms with E-state index in [1.165, 1.54) is 12.1 Å². The van der Waals surface area contributed by atoms with Crippen LogP contribution in [0.3, 0.4) is 0 Å². The molecule has 0 aliphatic carbocycles. The van der Waals surface area contributed by atoms with E-state index in [-0.39, 0.29) is 5.46 Å². The lowest BCUT2D eigenvalue weighted by molar-refractivity contribution is 0.100. The molecule has 0 heterocycles. The number of carbonyl (C=O) groups is 1. The van der Waals surface area contributed by atoms with Crippen LogP contribution in [0.25, 0.3) is 11.1 Å². The van der Waals surface area contributed by atoms with Gasteiger partial charge in [-0.3, -0.25) is 4.79 Å². The molecule has 0 atom stereocenters. The number of hydrogen-bond acceptors (Lipinski definition) is 3. The van der Waals surface area contributed by atoms with E-state index in [9.17, 15) is 9.18 Å². The van der Waals surface area contributed by atoms with Crippen LogP contribution in [0.2, 0.25) is 0 Å². The topological polar surface area (TPSA) is 83.6 Å². The van der Waals surface area contributed by atoms with Crippen molar-refractivity contribution >= 4 is 18.5 Å². The van der Waals surface area contributed by atoms with Gasteiger partial charge in [-0.1, -0.05) is 24.3 Å². The van der Waals surface area contributed by atoms with E-state index in [1.54, 1.807) is 24.3 Å². The molecule has 6 heteroatoms. The highest BCUT2D eigenvalue weighted by atomic mass is 19.1. The van der Waals surface area contributed by atoms with Crippen molar-refractivity contribution in [1.82, 2.24) is 0 Å². The fourth-order valence-electron chi connectivity index (χ4n) is 1.75. The summed E-state index contributed by atoms with van der Waals surface area (Å²) in [4.78, 5) is 10.9. The molecule has 0 unspecified atom stereocenters. The molecule has 0 radical (unpaired) electrons. The maximum absolute atomic E-state index is 13.3. The molecular weight excluding hydrogens is 248 g/mol. The summed E-state index contributed by atoms with van der Waals surface area (Å²) in [5.41, 5.74) is 6.63. The third kappa shape index (κ3) is 2.81. The molecule has 2 rings (SSSR count). The Morgan fingerprint density at radius 3 is 2.16 bits per heavy atom. The lowest BCUT2D eigenvalue weighted by atomic mass is 9.78. The highest BCUT2D eigenvalue weighted by molar-refractivity contribution is 6.58. The molecule has 0 aliphatic rings. The fraction of sp³-hybridized carbons (Fsp3) is 0. The smallest absolute Gasteiger partial charge is 0.423 e. The Morgan fingerprint density at radius 1 is 1.05 bits per heavy atom. The van der Waals surface area contributed by atoms with Gasteiger partial charge in [-0.05, 0) is 29.3 Å². The summed E-state index contributed by atoms with van der Waals surface area (Å²) in [6.07, 6.45) is 0. The van der Waals surface area contributed by atoms with Gasteiger partial charge in [0.1, 0.15) is 5.82 Å². The van der Waals surface area contributed by atoms with Crippen molar-refractivity contribution in [2.75, 3.05) is 0 Å². The Kier molecular flexibility index (Phi) is 3.64. The third-order valence-electron chi connectivity index (χ3n) is 2.78. The molecule has 0 saturated heterocycles. The minimum absolute atomic E-state index is 0.198. The predicted octanol–water partition coefficient (Wildman–Crippen LogP) is 0.271. The van der Waals surface area contributed by atoms with Crippen LogP contribution in [-0.4, -0.2) is 23.1 Å². The van der Waals surface area contributed by atoms with Crippen molar-refractivity contribution in [2.45, 2.75) is 0 Å². The molecule has 0 fully saturated rings. The summed E-state index contributed by atoms with van der Waals surface area (Å²) in [6.45, 7) is 0. The minimum Gasteiger partial charge on any atom is -0.423 e. The molecule has 0 bridgehead atoms. The second-order valence-corrected chi connectivity index (χ2v) is 4.05. The van der Waals surface area contributed by atoms with Gasteiger partial charge in [-0.25, -0.2) is 4.39 Å². The van der Waals surface area contributed by atoms with Crippen molar-refractivity contribution < 1.29 is 19.2 Å². The minimum atomic E-state index is -1.87. The van der Waals surface area contributed by atoms with E-state index in [1.807, 2.05) is 0 Å². The Balaban J connectivity index is 2.41. The molecule has 4 N–H and O–H groups in total. The first-order valence-electron chi connectivity index (χ1n) is 5.55. The van der Waals surface area contributed by atoms with Crippen molar-refractivity contribution in [3.63, 3.8) is 0 Å². The maximum Gasteiger partial charge on any atom is 0.491 e. The molecule has 4 nitrogen and oxygen atoms in total. The predicted molar refractivity (Wildman–Crippen MR) is 70.2 cm³/mol. The van der Waals surface area contributed by atoms with Gasteiger partial charge in [0.15, 0.2) is 0 Å². The number of carbonyl (C=O) groups excluding carboxylic acids is 1. The highest BCUT2D eigenvalue weighted by Crippen LogP contribution is 2.19. The van der Waals surface area contributed by atoms with E-state index < -0.39 is 18.8 Å². The van der Waals surface area contributed by atoms with Gasteiger partial charge < -0.3 is 15.8 Å². The summed E-state index contributed by atoms with van der Waals surface area (Å²) < 4.78 is 13.3. The van der Waals surface area contributed by atoms with Gasteiger partial charge in [0.05, 0.1) is 0 Å². The molecular formula is C13H11BFNO3. The first-order valence-corrected chi connectivity index (χ1v) is 5.55. The van der Waals surface area contributed by atoms with Crippen LogP contribution in [0.1, 0.15) is 10.4 Å². The molecule has 0 aliphatic heterocycles. The van der Waals surface area contributed by atoms with Crippen LogP contribution in [0.5, 0.6) is 0 Å². The highest BCUT2D eigenvalue weighted by Gasteiger charge is 2.17. The van der Waals surface area contributed by atoms with E-state index in [2.05, 4.69) is 0 Å². The zero-order chi connectivity index (χ0) is 14.0. The fourth-order valence-corrected chi connectivity index (χ4v) is 1.75. The van der Waals surface area contributed by atoms with Crippen LogP contribution >= 0.6 is 0 Å². The van der Waals surface area contributed by atoms with Crippen LogP contribution < -0.4 is 11.2 Å². The number of benzene rings is 2. The van der Waals surface area contributed by atoms with Gasteiger partial charge in [-0.15, -0.1) is 0 Å². The van der Waals surface area contributed by atoms with Crippen LogP contribution in [0.15, 0.2) is 42.5 Å². The van der Waals surface area contributed by atoms with E-state index in [0.717, 1.165) is 6.07 Å². The zero-order valence-electron chi connectivity index (χ0n) is 9.88. The number of hydrogen-bond donors (Lipinski definition) is 3. The summed E-state index contributed by atoms with van der Waals surface area (Å²) in [7, 11) is -1.87. The zero-order valence-corrected chi connectivity index (χ0v) is 9.88. The number of halogens is 1. The summed E-state index contributed by atoms with van der Waals surface area (Å²) >= 11 is 0. The lowest BCUT2D eigenvalue weighted by Gasteiger charge is -2.07. The average molecular weight is 259 g/mol. The van der Waals surface area contributed by atoms with Gasteiger partial charge >= 0.3 is 7.12 Å². The van der Waals surface area contributed by atoms with Crippen molar-refractivity contribution in [3.8, 4) is 11.1 Å². The van der Waals surface area contributed by atoms with Gasteiger partial charge in [-0.2, -0.15) is 0 Å². The van der Waals surface area contributed by atoms with E-state index >= 15 is 0 Å². The molecule has 0 spiro atoms. The first-order chi connectivity index (χ1) is 8.99. The SMILES string of the molecule is NC(=O)c1ccc(-c2ccc(F)c(B(O)O)c2)cc1. The Hall–Kier alpha value is -2.18. The second-order valence-electron chi connectivity index (χ2n) is 4.05. The quantitative estimate of drug-likeness (QED) is 0.692. The molecule has 19 heavy (non-hydrogen) atoms. The van der Waals surface area contributed by atoms with E-state index in [4.69, 9.17) is 15.8 Å². The number of rotatable bonds is 3. The molecule has 96 valence electrons. The standard InChI is InChI=1S/C13H11BFNO3/c15-12-6-5-10(7-11(12)14(18)19)8-1-3-9(4-2-8)13(16)17/h1-7,18-19H,(H2,16,17). The first kappa shape index (κ1) is 13.3. The lowest BCUT2D eigenvalue weighted by Crippen LogP contribution is -2.32. The number of amides is 1. The summed E-state index contributed by atoms with van der Waals surface area (Å²) in [5.74, 6) is -1.22. The second kappa shape index (κ2) is 5.21. The van der Waals surface area contributed by atoms with Gasteiger partial charge in [0.25, 0.3) is 0 Å². The molecule has 0 saturated carbocycles. The Morgan fingerprint density at radius 2 is 1.63 bits per heavy atom.